The van der Waals surface area contributed by atoms with Gasteiger partial charge in [0.25, 0.3) is 0 Å². The van der Waals surface area contributed by atoms with Crippen LogP contribution in [0.1, 0.15) is 45.6 Å². The molecule has 1 spiro atoms. The van der Waals surface area contributed by atoms with Gasteiger partial charge < -0.3 is 30.0 Å². The highest BCUT2D eigenvalue weighted by Gasteiger charge is 2.72. The minimum absolute atomic E-state index is 0.0178. The number of hydrogen-bond donors (Lipinski definition) is 2. The number of alkyl carbamates (subject to hydrolysis) is 1. The average Bonchev–Trinajstić information content (AvgIpc) is 3.65. The quantitative estimate of drug-likeness (QED) is 0.390. The highest BCUT2D eigenvalue weighted by Crippen LogP contribution is 2.59. The molecule has 170 valence electrons. The SMILES string of the molecule is CO[C@H]1C([C@@]2(C)O[C@@H]2CC=C(C)C)[C@]2(CC[C@H]1OC(=O)NCc1ccc(N)cc1)CO2. The minimum Gasteiger partial charge on any atom is -0.443 e. The third kappa shape index (κ3) is 4.59. The van der Waals surface area contributed by atoms with Gasteiger partial charge in [0.05, 0.1) is 18.6 Å². The number of carbonyl (C=O) groups excluding carboxylic acids is 1. The second-order valence-corrected chi connectivity index (χ2v) is 9.42. The van der Waals surface area contributed by atoms with Gasteiger partial charge in [0.15, 0.2) is 0 Å². The van der Waals surface area contributed by atoms with Gasteiger partial charge in [-0.1, -0.05) is 23.8 Å². The van der Waals surface area contributed by atoms with Crippen LogP contribution < -0.4 is 11.1 Å². The van der Waals surface area contributed by atoms with E-state index in [0.29, 0.717) is 25.3 Å². The number of amides is 1. The van der Waals surface area contributed by atoms with E-state index in [9.17, 15) is 4.79 Å². The van der Waals surface area contributed by atoms with E-state index in [1.807, 2.05) is 24.3 Å². The van der Waals surface area contributed by atoms with E-state index in [-0.39, 0.29) is 35.4 Å². The summed E-state index contributed by atoms with van der Waals surface area (Å²) in [6.07, 6.45) is 3.68. The number of nitrogen functional groups attached to an aromatic ring is 1. The number of epoxide rings is 2. The molecule has 0 aromatic heterocycles. The van der Waals surface area contributed by atoms with E-state index >= 15 is 0 Å². The molecule has 4 rings (SSSR count). The third-order valence-electron chi connectivity index (χ3n) is 6.91. The van der Waals surface area contributed by atoms with Crippen molar-refractivity contribution >= 4 is 11.8 Å². The molecule has 7 heteroatoms. The van der Waals surface area contributed by atoms with E-state index in [2.05, 4.69) is 32.2 Å². The summed E-state index contributed by atoms with van der Waals surface area (Å²) >= 11 is 0. The van der Waals surface area contributed by atoms with Crippen LogP contribution in [0.3, 0.4) is 0 Å². The van der Waals surface area contributed by atoms with E-state index in [1.54, 1.807) is 7.11 Å². The van der Waals surface area contributed by atoms with Crippen molar-refractivity contribution in [3.05, 3.63) is 41.5 Å². The number of rotatable bonds is 7. The molecule has 7 nitrogen and oxygen atoms in total. The number of hydrogen-bond acceptors (Lipinski definition) is 6. The summed E-state index contributed by atoms with van der Waals surface area (Å²) in [6, 6.07) is 7.39. The molecule has 1 aromatic carbocycles. The number of ether oxygens (including phenoxy) is 4. The van der Waals surface area contributed by atoms with E-state index in [1.165, 1.54) is 5.57 Å². The first-order valence-electron chi connectivity index (χ1n) is 11.0. The zero-order valence-electron chi connectivity index (χ0n) is 18.9. The molecule has 2 heterocycles. The molecule has 1 saturated carbocycles. The van der Waals surface area contributed by atoms with Crippen LogP contribution in [0.4, 0.5) is 10.5 Å². The van der Waals surface area contributed by atoms with Crippen LogP contribution in [0.5, 0.6) is 0 Å². The van der Waals surface area contributed by atoms with Gasteiger partial charge in [-0.2, -0.15) is 0 Å². The van der Waals surface area contributed by atoms with Gasteiger partial charge in [-0.15, -0.1) is 0 Å². The lowest BCUT2D eigenvalue weighted by molar-refractivity contribution is -0.118. The van der Waals surface area contributed by atoms with Crippen LogP contribution >= 0.6 is 0 Å². The second-order valence-electron chi connectivity index (χ2n) is 9.42. The molecule has 1 aliphatic carbocycles. The molecule has 1 amide bonds. The fraction of sp³-hybridized carbons (Fsp3) is 0.625. The molecule has 3 N–H and O–H groups in total. The molecular weight excluding hydrogens is 396 g/mol. The Kier molecular flexibility index (Phi) is 6.03. The van der Waals surface area contributed by atoms with Crippen LogP contribution in [-0.4, -0.2) is 49.3 Å². The van der Waals surface area contributed by atoms with E-state index in [0.717, 1.165) is 18.4 Å². The van der Waals surface area contributed by atoms with E-state index < -0.39 is 6.09 Å². The Bertz CT molecular complexity index is 831. The van der Waals surface area contributed by atoms with Crippen molar-refractivity contribution in [3.8, 4) is 0 Å². The van der Waals surface area contributed by atoms with Crippen molar-refractivity contribution in [1.29, 1.82) is 0 Å². The average molecular weight is 431 g/mol. The molecule has 1 unspecified atom stereocenters. The zero-order chi connectivity index (χ0) is 22.2. The van der Waals surface area contributed by atoms with Crippen molar-refractivity contribution in [2.75, 3.05) is 19.5 Å². The molecule has 3 fully saturated rings. The summed E-state index contributed by atoms with van der Waals surface area (Å²) < 4.78 is 23.9. The molecule has 2 saturated heterocycles. The number of nitrogens with two attached hydrogens (primary N) is 1. The van der Waals surface area contributed by atoms with Crippen LogP contribution in [-0.2, 0) is 25.5 Å². The minimum atomic E-state index is -0.446. The Balaban J connectivity index is 1.40. The highest BCUT2D eigenvalue weighted by molar-refractivity contribution is 5.67. The van der Waals surface area contributed by atoms with Gasteiger partial charge in [-0.3, -0.25) is 0 Å². The van der Waals surface area contributed by atoms with Crippen molar-refractivity contribution in [2.45, 2.75) is 76.1 Å². The topological polar surface area (TPSA) is 98.6 Å². The maximum absolute atomic E-state index is 12.5. The first-order chi connectivity index (χ1) is 14.8. The monoisotopic (exact) mass is 430 g/mol. The Morgan fingerprint density at radius 3 is 2.65 bits per heavy atom. The molecule has 6 atom stereocenters. The van der Waals surface area contributed by atoms with Gasteiger partial charge in [-0.25, -0.2) is 4.79 Å². The zero-order valence-corrected chi connectivity index (χ0v) is 18.9. The lowest BCUT2D eigenvalue weighted by Gasteiger charge is -2.42. The highest BCUT2D eigenvalue weighted by atomic mass is 16.6. The van der Waals surface area contributed by atoms with Gasteiger partial charge in [-0.05, 0) is 57.7 Å². The van der Waals surface area contributed by atoms with Gasteiger partial charge in [0, 0.05) is 19.3 Å². The summed E-state index contributed by atoms with van der Waals surface area (Å²) in [6.45, 7) is 7.42. The molecule has 3 aliphatic rings. The molecular formula is C24H34N2O5. The molecule has 0 radical (unpaired) electrons. The van der Waals surface area contributed by atoms with Gasteiger partial charge >= 0.3 is 6.09 Å². The maximum atomic E-state index is 12.5. The van der Waals surface area contributed by atoms with Crippen LogP contribution in [0, 0.1) is 5.92 Å². The second kappa shape index (κ2) is 8.45. The lowest BCUT2D eigenvalue weighted by atomic mass is 9.68. The Morgan fingerprint density at radius 1 is 1.32 bits per heavy atom. The first kappa shape index (κ1) is 22.1. The summed E-state index contributed by atoms with van der Waals surface area (Å²) in [5.41, 5.74) is 8.07. The third-order valence-corrected chi connectivity index (χ3v) is 6.91. The fourth-order valence-electron chi connectivity index (χ4n) is 5.06. The largest absolute Gasteiger partial charge is 0.443 e. The first-order valence-corrected chi connectivity index (χ1v) is 11.0. The molecule has 0 bridgehead atoms. The normalized spacial score (nSPS) is 36.0. The molecule has 2 aliphatic heterocycles. The van der Waals surface area contributed by atoms with Crippen LogP contribution in [0.25, 0.3) is 0 Å². The standard InChI is InChI=1S/C24H34N2O5/c1-15(2)5-10-19-23(3,31-19)21-20(28-4)18(11-12-24(21)14-29-24)30-22(27)26-13-16-6-8-17(25)9-7-16/h5-9,18-21H,10-14,25H2,1-4H3,(H,26,27)/t18-,19-,20-,21?,23+,24+/m1/s1. The molecule has 1 aromatic rings. The van der Waals surface area contributed by atoms with Gasteiger partial charge in [0.2, 0.25) is 0 Å². The van der Waals surface area contributed by atoms with Crippen molar-refractivity contribution < 1.29 is 23.7 Å². The summed E-state index contributed by atoms with van der Waals surface area (Å²) in [4.78, 5) is 12.5. The van der Waals surface area contributed by atoms with E-state index in [4.69, 9.17) is 24.7 Å². The number of anilines is 1. The summed E-state index contributed by atoms with van der Waals surface area (Å²) in [5, 5.41) is 2.83. The fourth-order valence-corrected chi connectivity index (χ4v) is 5.06. The summed E-state index contributed by atoms with van der Waals surface area (Å²) in [5.74, 6) is 0.0178. The van der Waals surface area contributed by atoms with Gasteiger partial charge in [0.1, 0.15) is 23.4 Å². The predicted octanol–water partition coefficient (Wildman–Crippen LogP) is 3.57. The number of carbonyl (C=O) groups is 1. The number of methoxy groups -OCH3 is 1. The Labute approximate surface area is 184 Å². The van der Waals surface area contributed by atoms with Crippen molar-refractivity contribution in [3.63, 3.8) is 0 Å². The molecule has 31 heavy (non-hydrogen) atoms. The number of nitrogens with one attached hydrogen (secondary N) is 1. The smallest absolute Gasteiger partial charge is 0.407 e. The van der Waals surface area contributed by atoms with Crippen LogP contribution in [0.15, 0.2) is 35.9 Å². The Hall–Kier alpha value is -2.09. The van der Waals surface area contributed by atoms with Crippen molar-refractivity contribution in [2.24, 2.45) is 5.92 Å². The number of benzene rings is 1. The number of allylic oxidation sites excluding steroid dienone is 1. The Morgan fingerprint density at radius 2 is 2.03 bits per heavy atom. The lowest BCUT2D eigenvalue weighted by Crippen LogP contribution is -2.56. The van der Waals surface area contributed by atoms with Crippen molar-refractivity contribution in [1.82, 2.24) is 5.32 Å². The predicted molar refractivity (Wildman–Crippen MR) is 117 cm³/mol. The maximum Gasteiger partial charge on any atom is 0.407 e. The summed E-state index contributed by atoms with van der Waals surface area (Å²) in [7, 11) is 1.68. The van der Waals surface area contributed by atoms with Crippen LogP contribution in [0.2, 0.25) is 0 Å².